The fourth-order valence-corrected chi connectivity index (χ4v) is 4.50. The fourth-order valence-electron chi connectivity index (χ4n) is 2.99. The van der Waals surface area contributed by atoms with Crippen molar-refractivity contribution < 1.29 is 22.3 Å². The van der Waals surface area contributed by atoms with Gasteiger partial charge in [-0.15, -0.1) is 0 Å². The molecule has 0 saturated heterocycles. The van der Waals surface area contributed by atoms with Crippen LogP contribution in [0.15, 0.2) is 95.4 Å². The second kappa shape index (κ2) is 12.3. The van der Waals surface area contributed by atoms with Crippen molar-refractivity contribution in [2.24, 2.45) is 5.10 Å². The number of amides is 1. The molecular formula is C25H23ClFN3O4S. The minimum absolute atomic E-state index is 0.0309. The van der Waals surface area contributed by atoms with Crippen LogP contribution in [-0.4, -0.2) is 38.0 Å². The van der Waals surface area contributed by atoms with E-state index in [1.165, 1.54) is 54.7 Å². The van der Waals surface area contributed by atoms with Gasteiger partial charge >= 0.3 is 0 Å². The number of sulfonamides is 1. The lowest BCUT2D eigenvalue weighted by Gasteiger charge is -2.21. The molecule has 7 nitrogen and oxygen atoms in total. The smallest absolute Gasteiger partial charge is 0.255 e. The Morgan fingerprint density at radius 3 is 2.51 bits per heavy atom. The molecule has 0 heterocycles. The molecule has 0 saturated carbocycles. The lowest BCUT2D eigenvalue weighted by atomic mass is 10.2. The molecule has 3 aromatic rings. The molecule has 10 heteroatoms. The van der Waals surface area contributed by atoms with E-state index in [0.29, 0.717) is 28.5 Å². The first-order chi connectivity index (χ1) is 16.8. The van der Waals surface area contributed by atoms with Crippen LogP contribution >= 0.6 is 11.6 Å². The van der Waals surface area contributed by atoms with Crippen LogP contribution in [0.1, 0.15) is 11.1 Å². The number of nitrogens with zero attached hydrogens (tertiary/aromatic N) is 2. The molecule has 1 amide bonds. The summed E-state index contributed by atoms with van der Waals surface area (Å²) >= 11 is 5.88. The summed E-state index contributed by atoms with van der Waals surface area (Å²) in [5, 5.41) is 4.29. The van der Waals surface area contributed by atoms with Gasteiger partial charge in [-0.2, -0.15) is 9.41 Å². The van der Waals surface area contributed by atoms with Crippen LogP contribution in [0.2, 0.25) is 5.02 Å². The maximum atomic E-state index is 13.3. The van der Waals surface area contributed by atoms with Crippen LogP contribution in [0.5, 0.6) is 5.75 Å². The lowest BCUT2D eigenvalue weighted by molar-refractivity contribution is -0.121. The van der Waals surface area contributed by atoms with Gasteiger partial charge in [0.15, 0.2) is 0 Å². The molecule has 0 aliphatic rings. The molecule has 0 spiro atoms. The highest BCUT2D eigenvalue weighted by Crippen LogP contribution is 2.20. The van der Waals surface area contributed by atoms with E-state index in [2.05, 4.69) is 17.1 Å². The van der Waals surface area contributed by atoms with E-state index in [-0.39, 0.29) is 11.4 Å². The van der Waals surface area contributed by atoms with Crippen LogP contribution in [0, 0.1) is 5.82 Å². The number of halogens is 2. The molecule has 0 unspecified atom stereocenters. The number of ether oxygens (including phenoxy) is 1. The SMILES string of the molecule is C=CCOc1cccc(/C=N\NC(=O)CN(Cc2ccc(F)cc2)S(=O)(=O)c2ccc(Cl)cc2)c1. The van der Waals surface area contributed by atoms with Gasteiger partial charge in [0.1, 0.15) is 18.2 Å². The van der Waals surface area contributed by atoms with Gasteiger partial charge < -0.3 is 4.74 Å². The molecule has 182 valence electrons. The van der Waals surface area contributed by atoms with Gasteiger partial charge in [-0.3, -0.25) is 4.79 Å². The number of benzene rings is 3. The first-order valence-corrected chi connectivity index (χ1v) is 12.3. The third kappa shape index (κ3) is 7.74. The summed E-state index contributed by atoms with van der Waals surface area (Å²) in [6.07, 6.45) is 3.04. The molecule has 1 N–H and O–H groups in total. The molecule has 0 atom stereocenters. The zero-order chi connectivity index (χ0) is 25.3. The van der Waals surface area contributed by atoms with Gasteiger partial charge in [0.2, 0.25) is 10.0 Å². The molecule has 0 aliphatic heterocycles. The van der Waals surface area contributed by atoms with Crippen molar-refractivity contribution in [2.45, 2.75) is 11.4 Å². The molecule has 0 aliphatic carbocycles. The zero-order valence-corrected chi connectivity index (χ0v) is 20.2. The Kier molecular flexibility index (Phi) is 9.13. The van der Waals surface area contributed by atoms with Gasteiger partial charge in [-0.1, -0.05) is 48.5 Å². The Morgan fingerprint density at radius 1 is 1.11 bits per heavy atom. The predicted octanol–water partition coefficient (Wildman–Crippen LogP) is 4.39. The van der Waals surface area contributed by atoms with Crippen molar-refractivity contribution in [3.05, 3.63) is 107 Å². The molecule has 3 aromatic carbocycles. The highest BCUT2D eigenvalue weighted by atomic mass is 35.5. The van der Waals surface area contributed by atoms with Crippen molar-refractivity contribution in [2.75, 3.05) is 13.2 Å². The molecule has 0 fully saturated rings. The first-order valence-electron chi connectivity index (χ1n) is 10.4. The van der Waals surface area contributed by atoms with E-state index >= 15 is 0 Å². The summed E-state index contributed by atoms with van der Waals surface area (Å²) < 4.78 is 46.2. The first kappa shape index (κ1) is 26.1. The summed E-state index contributed by atoms with van der Waals surface area (Å²) in [6, 6.07) is 18.0. The van der Waals surface area contributed by atoms with Crippen LogP contribution in [-0.2, 0) is 21.4 Å². The summed E-state index contributed by atoms with van der Waals surface area (Å²) in [5.74, 6) is -0.494. The number of hydrazone groups is 1. The predicted molar refractivity (Wildman–Crippen MR) is 133 cm³/mol. The average Bonchev–Trinajstić information content (AvgIpc) is 2.84. The number of hydrogen-bond acceptors (Lipinski definition) is 5. The maximum absolute atomic E-state index is 13.3. The third-order valence-corrected chi connectivity index (χ3v) is 6.73. The van der Waals surface area contributed by atoms with Gasteiger partial charge in [-0.25, -0.2) is 18.2 Å². The fraction of sp³-hybridized carbons (Fsp3) is 0.120. The zero-order valence-electron chi connectivity index (χ0n) is 18.6. The maximum Gasteiger partial charge on any atom is 0.255 e. The van der Waals surface area contributed by atoms with Crippen LogP contribution in [0.25, 0.3) is 0 Å². The summed E-state index contributed by atoms with van der Waals surface area (Å²) in [5.41, 5.74) is 3.52. The van der Waals surface area contributed by atoms with E-state index in [1.54, 1.807) is 30.3 Å². The van der Waals surface area contributed by atoms with Crippen molar-refractivity contribution in [3.63, 3.8) is 0 Å². The summed E-state index contributed by atoms with van der Waals surface area (Å²) in [4.78, 5) is 12.5. The Balaban J connectivity index is 1.74. The minimum atomic E-state index is -4.07. The Hall–Kier alpha value is -3.53. The number of nitrogens with one attached hydrogen (secondary N) is 1. The molecule has 0 bridgehead atoms. The Morgan fingerprint density at radius 2 is 1.83 bits per heavy atom. The summed E-state index contributed by atoms with van der Waals surface area (Å²) in [7, 11) is -4.07. The minimum Gasteiger partial charge on any atom is -0.490 e. The Labute approximate surface area is 208 Å². The van der Waals surface area contributed by atoms with Crippen molar-refractivity contribution in [1.29, 1.82) is 0 Å². The average molecular weight is 516 g/mol. The molecule has 0 radical (unpaired) electrons. The van der Waals surface area contributed by atoms with E-state index < -0.39 is 28.3 Å². The largest absolute Gasteiger partial charge is 0.490 e. The second-order valence-corrected chi connectivity index (χ2v) is 9.69. The third-order valence-electron chi connectivity index (χ3n) is 4.67. The normalized spacial score (nSPS) is 11.5. The van der Waals surface area contributed by atoms with Gasteiger partial charge in [0, 0.05) is 11.6 Å². The van der Waals surface area contributed by atoms with E-state index in [0.717, 1.165) is 4.31 Å². The topological polar surface area (TPSA) is 88.1 Å². The van der Waals surface area contributed by atoms with E-state index in [9.17, 15) is 17.6 Å². The van der Waals surface area contributed by atoms with Crippen LogP contribution < -0.4 is 10.2 Å². The monoisotopic (exact) mass is 515 g/mol. The quantitative estimate of drug-likeness (QED) is 0.233. The molecular weight excluding hydrogens is 493 g/mol. The number of carbonyl (C=O) groups is 1. The summed E-state index contributed by atoms with van der Waals surface area (Å²) in [6.45, 7) is 3.28. The van der Waals surface area contributed by atoms with E-state index in [4.69, 9.17) is 16.3 Å². The van der Waals surface area contributed by atoms with Crippen LogP contribution in [0.3, 0.4) is 0 Å². The standard InChI is InChI=1S/C25H23ClFN3O4S/c1-2-14-34-23-5-3-4-20(15-23)16-28-29-25(31)18-30(17-19-6-10-22(27)11-7-19)35(32,33)24-12-8-21(26)9-13-24/h2-13,15-16H,1,14,17-18H2,(H,29,31)/b28-16-. The van der Waals surface area contributed by atoms with Crippen molar-refractivity contribution in [1.82, 2.24) is 9.73 Å². The van der Waals surface area contributed by atoms with Crippen LogP contribution in [0.4, 0.5) is 4.39 Å². The van der Waals surface area contributed by atoms with Gasteiger partial charge in [-0.05, 0) is 59.7 Å². The highest BCUT2D eigenvalue weighted by molar-refractivity contribution is 7.89. The number of carbonyl (C=O) groups excluding carboxylic acids is 1. The lowest BCUT2D eigenvalue weighted by Crippen LogP contribution is -2.39. The second-order valence-electron chi connectivity index (χ2n) is 7.32. The van der Waals surface area contributed by atoms with Crippen molar-refractivity contribution >= 4 is 33.7 Å². The molecule has 35 heavy (non-hydrogen) atoms. The number of hydrogen-bond donors (Lipinski definition) is 1. The Bertz CT molecular complexity index is 1300. The molecule has 3 rings (SSSR count). The van der Waals surface area contributed by atoms with Gasteiger partial charge in [0.05, 0.1) is 17.7 Å². The highest BCUT2D eigenvalue weighted by Gasteiger charge is 2.27. The van der Waals surface area contributed by atoms with Crippen molar-refractivity contribution in [3.8, 4) is 5.75 Å². The van der Waals surface area contributed by atoms with Gasteiger partial charge in [0.25, 0.3) is 5.91 Å². The number of rotatable bonds is 11. The van der Waals surface area contributed by atoms with E-state index in [1.807, 2.05) is 0 Å². The molecule has 0 aromatic heterocycles.